The Morgan fingerprint density at radius 3 is 2.67 bits per heavy atom. The van der Waals surface area contributed by atoms with E-state index in [2.05, 4.69) is 74.8 Å². The van der Waals surface area contributed by atoms with E-state index in [-0.39, 0.29) is 6.04 Å². The molecular weight excluding hydrogens is 348 g/mol. The molecule has 0 aromatic carbocycles. The maximum absolute atomic E-state index is 4.37. The quantitative estimate of drug-likeness (QED) is 0.727. The molecule has 0 amide bonds. The fraction of sp³-hybridized carbons (Fsp3) is 0.467. The van der Waals surface area contributed by atoms with Crippen LogP contribution in [0.4, 0.5) is 11.6 Å². The van der Waals surface area contributed by atoms with Crippen LogP contribution >= 0.6 is 27.3 Å². The smallest absolute Gasteiger partial charge is 0.146 e. The van der Waals surface area contributed by atoms with Crippen molar-refractivity contribution in [2.45, 2.75) is 33.2 Å². The van der Waals surface area contributed by atoms with Crippen LogP contribution < -0.4 is 10.6 Å². The van der Waals surface area contributed by atoms with Crippen LogP contribution in [0.5, 0.6) is 0 Å². The Balaban J connectivity index is 2.21. The lowest BCUT2D eigenvalue weighted by atomic mass is 10.0. The minimum atomic E-state index is 0.246. The summed E-state index contributed by atoms with van der Waals surface area (Å²) in [6.07, 6.45) is 2.65. The summed E-state index contributed by atoms with van der Waals surface area (Å²) >= 11 is 5.37. The molecule has 0 aliphatic carbocycles. The lowest BCUT2D eigenvalue weighted by Crippen LogP contribution is -2.17. The highest BCUT2D eigenvalue weighted by molar-refractivity contribution is 9.10. The fourth-order valence-corrected chi connectivity index (χ4v) is 3.43. The third kappa shape index (κ3) is 4.17. The van der Waals surface area contributed by atoms with Crippen LogP contribution in [0.1, 0.15) is 38.1 Å². The molecule has 2 rings (SSSR count). The van der Waals surface area contributed by atoms with E-state index in [1.165, 1.54) is 4.88 Å². The standard InChI is InChI=1S/C15H21BrN4S/c1-4-7-17-14-12(16)15(19-9-18-14)20-13(10(2)3)11-6-5-8-21-11/h5-6,8-10,13H,4,7H2,1-3H3,(H2,17,18,19,20). The number of nitrogens with one attached hydrogen (secondary N) is 2. The van der Waals surface area contributed by atoms with Crippen molar-refractivity contribution in [2.75, 3.05) is 17.2 Å². The molecule has 6 heteroatoms. The normalized spacial score (nSPS) is 12.4. The second-order valence-corrected chi connectivity index (χ2v) is 6.97. The minimum Gasteiger partial charge on any atom is -0.369 e. The topological polar surface area (TPSA) is 49.8 Å². The first-order valence-corrected chi connectivity index (χ1v) is 8.85. The van der Waals surface area contributed by atoms with Crippen LogP contribution in [0.25, 0.3) is 0 Å². The molecule has 1 atom stereocenters. The van der Waals surface area contributed by atoms with Gasteiger partial charge in [-0.25, -0.2) is 9.97 Å². The van der Waals surface area contributed by atoms with Gasteiger partial charge in [0.15, 0.2) is 0 Å². The van der Waals surface area contributed by atoms with Gasteiger partial charge in [-0.15, -0.1) is 11.3 Å². The number of thiophene rings is 1. The van der Waals surface area contributed by atoms with E-state index in [9.17, 15) is 0 Å². The van der Waals surface area contributed by atoms with E-state index in [0.29, 0.717) is 5.92 Å². The second kappa shape index (κ2) is 7.75. The fourth-order valence-electron chi connectivity index (χ4n) is 2.02. The summed E-state index contributed by atoms with van der Waals surface area (Å²) in [5, 5.41) is 8.95. The highest BCUT2D eigenvalue weighted by Crippen LogP contribution is 2.33. The van der Waals surface area contributed by atoms with Crippen molar-refractivity contribution in [1.82, 2.24) is 9.97 Å². The molecule has 0 aliphatic rings. The zero-order valence-corrected chi connectivity index (χ0v) is 15.0. The summed E-state index contributed by atoms with van der Waals surface area (Å²) in [6, 6.07) is 4.49. The summed E-state index contributed by atoms with van der Waals surface area (Å²) in [5.74, 6) is 2.14. The van der Waals surface area contributed by atoms with Gasteiger partial charge in [0.1, 0.15) is 22.4 Å². The Hall–Kier alpha value is -1.14. The molecule has 2 aromatic heterocycles. The van der Waals surface area contributed by atoms with Gasteiger partial charge in [-0.1, -0.05) is 26.8 Å². The van der Waals surface area contributed by atoms with Crippen molar-refractivity contribution in [3.05, 3.63) is 33.2 Å². The Morgan fingerprint density at radius 1 is 1.29 bits per heavy atom. The van der Waals surface area contributed by atoms with Crippen molar-refractivity contribution in [3.8, 4) is 0 Å². The Bertz CT molecular complexity index is 557. The van der Waals surface area contributed by atoms with Crippen molar-refractivity contribution in [2.24, 2.45) is 5.92 Å². The lowest BCUT2D eigenvalue weighted by molar-refractivity contribution is 0.551. The molecule has 2 aromatic rings. The SMILES string of the molecule is CCCNc1ncnc(NC(c2cccs2)C(C)C)c1Br. The predicted molar refractivity (Wildman–Crippen MR) is 94.0 cm³/mol. The molecule has 114 valence electrons. The van der Waals surface area contributed by atoms with Crippen molar-refractivity contribution >= 4 is 38.9 Å². The Morgan fingerprint density at radius 2 is 2.05 bits per heavy atom. The maximum Gasteiger partial charge on any atom is 0.146 e. The maximum atomic E-state index is 4.37. The molecule has 0 radical (unpaired) electrons. The van der Waals surface area contributed by atoms with E-state index < -0.39 is 0 Å². The monoisotopic (exact) mass is 368 g/mol. The van der Waals surface area contributed by atoms with Crippen molar-refractivity contribution in [1.29, 1.82) is 0 Å². The number of halogens is 1. The third-order valence-electron chi connectivity index (χ3n) is 3.14. The van der Waals surface area contributed by atoms with Crippen LogP contribution in [0.3, 0.4) is 0 Å². The van der Waals surface area contributed by atoms with Gasteiger partial charge in [-0.05, 0) is 39.7 Å². The number of anilines is 2. The molecule has 0 bridgehead atoms. The van der Waals surface area contributed by atoms with Crippen LogP contribution in [-0.2, 0) is 0 Å². The van der Waals surface area contributed by atoms with Gasteiger partial charge in [-0.2, -0.15) is 0 Å². The van der Waals surface area contributed by atoms with Crippen LogP contribution in [0.15, 0.2) is 28.3 Å². The van der Waals surface area contributed by atoms with E-state index in [4.69, 9.17) is 0 Å². The summed E-state index contributed by atoms with van der Waals surface area (Å²) in [4.78, 5) is 9.98. The highest BCUT2D eigenvalue weighted by Gasteiger charge is 2.19. The molecule has 21 heavy (non-hydrogen) atoms. The average molecular weight is 369 g/mol. The lowest BCUT2D eigenvalue weighted by Gasteiger charge is -2.23. The highest BCUT2D eigenvalue weighted by atomic mass is 79.9. The van der Waals surface area contributed by atoms with Gasteiger partial charge in [-0.3, -0.25) is 0 Å². The first kappa shape index (κ1) is 16.2. The zero-order chi connectivity index (χ0) is 15.2. The Kier molecular flexibility index (Phi) is 5.99. The van der Waals surface area contributed by atoms with E-state index in [0.717, 1.165) is 29.1 Å². The van der Waals surface area contributed by atoms with Crippen molar-refractivity contribution < 1.29 is 0 Å². The van der Waals surface area contributed by atoms with Gasteiger partial charge >= 0.3 is 0 Å². The van der Waals surface area contributed by atoms with E-state index >= 15 is 0 Å². The molecule has 0 spiro atoms. The summed E-state index contributed by atoms with van der Waals surface area (Å²) in [6.45, 7) is 7.45. The predicted octanol–water partition coefficient (Wildman–Crippen LogP) is 4.93. The molecule has 0 fully saturated rings. The molecule has 2 heterocycles. The number of hydrogen-bond acceptors (Lipinski definition) is 5. The van der Waals surface area contributed by atoms with Gasteiger partial charge in [0, 0.05) is 11.4 Å². The minimum absolute atomic E-state index is 0.246. The molecule has 0 saturated heterocycles. The van der Waals surface area contributed by atoms with Gasteiger partial charge < -0.3 is 10.6 Å². The number of aromatic nitrogens is 2. The van der Waals surface area contributed by atoms with Gasteiger partial charge in [0.05, 0.1) is 6.04 Å². The summed E-state index contributed by atoms with van der Waals surface area (Å²) in [5.41, 5.74) is 0. The zero-order valence-electron chi connectivity index (χ0n) is 12.6. The number of nitrogens with zero attached hydrogens (tertiary/aromatic N) is 2. The third-order valence-corrected chi connectivity index (χ3v) is 4.85. The van der Waals surface area contributed by atoms with Crippen LogP contribution in [-0.4, -0.2) is 16.5 Å². The van der Waals surface area contributed by atoms with Gasteiger partial charge in [0.2, 0.25) is 0 Å². The molecule has 2 N–H and O–H groups in total. The van der Waals surface area contributed by atoms with Crippen LogP contribution in [0.2, 0.25) is 0 Å². The first-order chi connectivity index (χ1) is 10.1. The average Bonchev–Trinajstić information content (AvgIpc) is 2.98. The van der Waals surface area contributed by atoms with Gasteiger partial charge in [0.25, 0.3) is 0 Å². The Labute approximate surface area is 138 Å². The molecule has 4 nitrogen and oxygen atoms in total. The van der Waals surface area contributed by atoms with Crippen molar-refractivity contribution in [3.63, 3.8) is 0 Å². The first-order valence-electron chi connectivity index (χ1n) is 7.17. The van der Waals surface area contributed by atoms with Crippen LogP contribution in [0, 0.1) is 5.92 Å². The second-order valence-electron chi connectivity index (χ2n) is 5.19. The summed E-state index contributed by atoms with van der Waals surface area (Å²) in [7, 11) is 0. The molecule has 1 unspecified atom stereocenters. The molecular formula is C15H21BrN4S. The number of hydrogen-bond donors (Lipinski definition) is 2. The molecule has 0 saturated carbocycles. The van der Waals surface area contributed by atoms with E-state index in [1.807, 2.05) is 0 Å². The number of rotatable bonds is 7. The summed E-state index contributed by atoms with van der Waals surface area (Å²) < 4.78 is 0.889. The largest absolute Gasteiger partial charge is 0.369 e. The van der Waals surface area contributed by atoms with E-state index in [1.54, 1.807) is 17.7 Å². The molecule has 0 aliphatic heterocycles.